The third kappa shape index (κ3) is 3.86. The minimum absolute atomic E-state index is 0.261. The molecule has 1 aliphatic rings. The number of hydrogen-bond acceptors (Lipinski definition) is 4. The van der Waals surface area contributed by atoms with Gasteiger partial charge in [0.2, 0.25) is 0 Å². The van der Waals surface area contributed by atoms with Crippen LogP contribution in [0.3, 0.4) is 0 Å². The Labute approximate surface area is 174 Å². The Morgan fingerprint density at radius 3 is 2.64 bits per heavy atom. The second kappa shape index (κ2) is 8.42. The first kappa shape index (κ1) is 19.9. The zero-order valence-electron chi connectivity index (χ0n) is 15.4. The molecule has 1 unspecified atom stereocenters. The number of benzene rings is 2. The average Bonchev–Trinajstić information content (AvgIpc) is 2.68. The summed E-state index contributed by atoms with van der Waals surface area (Å²) in [7, 11) is 0. The number of hydrogen-bond donors (Lipinski definition) is 1. The van der Waals surface area contributed by atoms with Crippen LogP contribution in [0.1, 0.15) is 31.0 Å². The Hall–Kier alpha value is -2.88. The maximum atomic E-state index is 12.8. The van der Waals surface area contributed by atoms with Crippen LogP contribution in [0, 0.1) is 11.3 Å². The first-order chi connectivity index (χ1) is 13.5. The van der Waals surface area contributed by atoms with Crippen molar-refractivity contribution in [1.82, 2.24) is 5.32 Å². The molecule has 1 atom stereocenters. The summed E-state index contributed by atoms with van der Waals surface area (Å²) in [6.07, 6.45) is 0. The van der Waals surface area contributed by atoms with E-state index in [2.05, 4.69) is 11.4 Å². The van der Waals surface area contributed by atoms with Gasteiger partial charge in [-0.15, -0.1) is 0 Å². The Kier molecular flexibility index (Phi) is 5.98. The molecule has 0 saturated heterocycles. The Balaban J connectivity index is 2.12. The zero-order valence-corrected chi connectivity index (χ0v) is 17.0. The highest BCUT2D eigenvalue weighted by atomic mass is 35.5. The van der Waals surface area contributed by atoms with E-state index in [0.29, 0.717) is 27.0 Å². The Morgan fingerprint density at radius 2 is 2.04 bits per heavy atom. The normalized spacial score (nSPS) is 16.4. The van der Waals surface area contributed by atoms with E-state index in [1.54, 1.807) is 48.2 Å². The number of ether oxygens (including phenoxy) is 1. The van der Waals surface area contributed by atoms with E-state index in [1.165, 1.54) is 0 Å². The molecule has 0 aromatic heterocycles. The Bertz CT molecular complexity index is 995. The van der Waals surface area contributed by atoms with Crippen molar-refractivity contribution in [1.29, 1.82) is 5.26 Å². The lowest BCUT2D eigenvalue weighted by Gasteiger charge is -2.37. The topological polar surface area (TPSA) is 65.4 Å². The fourth-order valence-corrected chi connectivity index (χ4v) is 3.69. The minimum atomic E-state index is -0.477. The molecule has 0 radical (unpaired) electrons. The number of carbonyl (C=O) groups is 1. The lowest BCUT2D eigenvalue weighted by atomic mass is 9.94. The number of esters is 1. The molecule has 5 nitrogen and oxygen atoms in total. The number of nitrogens with one attached hydrogen (secondary N) is 1. The van der Waals surface area contributed by atoms with Crippen molar-refractivity contribution < 1.29 is 9.53 Å². The van der Waals surface area contributed by atoms with Crippen LogP contribution in [0.5, 0.6) is 0 Å². The summed E-state index contributed by atoms with van der Waals surface area (Å²) in [6.45, 7) is 3.86. The largest absolute Gasteiger partial charge is 0.463 e. The van der Waals surface area contributed by atoms with Gasteiger partial charge in [-0.2, -0.15) is 5.26 Å². The van der Waals surface area contributed by atoms with Crippen LogP contribution in [0.4, 0.5) is 5.69 Å². The van der Waals surface area contributed by atoms with Crippen LogP contribution < -0.4 is 10.2 Å². The third-order valence-electron chi connectivity index (χ3n) is 4.42. The fourth-order valence-electron chi connectivity index (χ4n) is 3.14. The molecule has 1 N–H and O–H groups in total. The molecule has 2 aromatic rings. The van der Waals surface area contributed by atoms with Gasteiger partial charge in [0.05, 0.1) is 29.9 Å². The van der Waals surface area contributed by atoms with Gasteiger partial charge >= 0.3 is 5.97 Å². The van der Waals surface area contributed by atoms with Crippen LogP contribution in [-0.2, 0) is 9.53 Å². The molecule has 3 rings (SSSR count). The number of nitriles is 1. The van der Waals surface area contributed by atoms with Crippen LogP contribution in [0.25, 0.3) is 0 Å². The van der Waals surface area contributed by atoms with Crippen LogP contribution in [-0.4, -0.2) is 17.7 Å². The summed E-state index contributed by atoms with van der Waals surface area (Å²) in [5, 5.41) is 13.3. The maximum Gasteiger partial charge on any atom is 0.338 e. The molecule has 142 valence electrons. The van der Waals surface area contributed by atoms with Gasteiger partial charge < -0.3 is 10.1 Å². The van der Waals surface area contributed by atoms with Crippen molar-refractivity contribution in [2.75, 3.05) is 11.5 Å². The molecule has 0 bridgehead atoms. The molecule has 1 heterocycles. The molecule has 0 saturated carbocycles. The molecule has 0 fully saturated rings. The zero-order chi connectivity index (χ0) is 20.3. The van der Waals surface area contributed by atoms with Crippen molar-refractivity contribution in [2.24, 2.45) is 0 Å². The SMILES string of the molecule is CCOC(=O)C1=C(C)N(c2cccc(Cl)c2)C(=S)NC1c1ccc(C#N)cc1. The summed E-state index contributed by atoms with van der Waals surface area (Å²) in [6, 6.07) is 15.9. The molecule has 7 heteroatoms. The second-order valence-electron chi connectivity index (χ2n) is 6.15. The second-order valence-corrected chi connectivity index (χ2v) is 6.97. The first-order valence-corrected chi connectivity index (χ1v) is 9.49. The van der Waals surface area contributed by atoms with Crippen LogP contribution >= 0.6 is 23.8 Å². The molecule has 2 aromatic carbocycles. The number of carbonyl (C=O) groups excluding carboxylic acids is 1. The smallest absolute Gasteiger partial charge is 0.338 e. The number of allylic oxidation sites excluding steroid dienone is 1. The van der Waals surface area contributed by atoms with Gasteiger partial charge in [-0.25, -0.2) is 4.79 Å². The highest BCUT2D eigenvalue weighted by Gasteiger charge is 2.35. The molecular weight excluding hydrogens is 394 g/mol. The quantitative estimate of drug-likeness (QED) is 0.591. The van der Waals surface area contributed by atoms with Gasteiger partial charge in [-0.1, -0.05) is 29.8 Å². The summed E-state index contributed by atoms with van der Waals surface area (Å²) in [5.41, 5.74) is 3.23. The molecule has 0 aliphatic carbocycles. The minimum Gasteiger partial charge on any atom is -0.463 e. The summed E-state index contributed by atoms with van der Waals surface area (Å²) in [4.78, 5) is 14.6. The fraction of sp³-hybridized carbons (Fsp3) is 0.190. The molecule has 0 amide bonds. The van der Waals surface area contributed by atoms with E-state index in [9.17, 15) is 4.79 Å². The lowest BCUT2D eigenvalue weighted by molar-refractivity contribution is -0.139. The van der Waals surface area contributed by atoms with Gasteiger partial charge in [0, 0.05) is 16.4 Å². The monoisotopic (exact) mass is 411 g/mol. The summed E-state index contributed by atoms with van der Waals surface area (Å²) < 4.78 is 5.31. The van der Waals surface area contributed by atoms with E-state index in [0.717, 1.165) is 11.3 Å². The van der Waals surface area contributed by atoms with Crippen molar-refractivity contribution in [3.63, 3.8) is 0 Å². The standard InChI is InChI=1S/C21H18ClN3O2S/c1-3-27-20(26)18-13(2)25(17-6-4-5-16(22)11-17)21(28)24-19(18)15-9-7-14(12-23)8-10-15/h4-11,19H,3H2,1-2H3,(H,24,28). The van der Waals surface area contributed by atoms with E-state index in [1.807, 2.05) is 19.1 Å². The van der Waals surface area contributed by atoms with E-state index in [4.69, 9.17) is 33.8 Å². The number of halogens is 1. The van der Waals surface area contributed by atoms with Gasteiger partial charge in [0.25, 0.3) is 0 Å². The molecule has 0 spiro atoms. The van der Waals surface area contributed by atoms with Gasteiger partial charge in [-0.05, 0) is 62.0 Å². The highest BCUT2D eigenvalue weighted by Crippen LogP contribution is 2.35. The number of thiocarbonyl (C=S) groups is 1. The molecular formula is C21H18ClN3O2S. The van der Waals surface area contributed by atoms with Crippen molar-refractivity contribution in [2.45, 2.75) is 19.9 Å². The lowest BCUT2D eigenvalue weighted by Crippen LogP contribution is -2.48. The van der Waals surface area contributed by atoms with Gasteiger partial charge in [-0.3, -0.25) is 4.90 Å². The van der Waals surface area contributed by atoms with Crippen molar-refractivity contribution >= 4 is 40.6 Å². The summed E-state index contributed by atoms with van der Waals surface area (Å²) in [5.74, 6) is -0.420. The predicted molar refractivity (Wildman–Crippen MR) is 113 cm³/mol. The maximum absolute atomic E-state index is 12.8. The molecule has 28 heavy (non-hydrogen) atoms. The van der Waals surface area contributed by atoms with Crippen molar-refractivity contribution in [3.05, 3.63) is 76.0 Å². The van der Waals surface area contributed by atoms with Crippen LogP contribution in [0.2, 0.25) is 5.02 Å². The van der Waals surface area contributed by atoms with E-state index < -0.39 is 12.0 Å². The van der Waals surface area contributed by atoms with Gasteiger partial charge in [0.15, 0.2) is 5.11 Å². The summed E-state index contributed by atoms with van der Waals surface area (Å²) >= 11 is 11.7. The Morgan fingerprint density at radius 1 is 1.32 bits per heavy atom. The van der Waals surface area contributed by atoms with Gasteiger partial charge in [0.1, 0.15) is 0 Å². The van der Waals surface area contributed by atoms with E-state index >= 15 is 0 Å². The average molecular weight is 412 g/mol. The predicted octanol–water partition coefficient (Wildman–Crippen LogP) is 4.48. The number of rotatable bonds is 4. The number of nitrogens with zero attached hydrogens (tertiary/aromatic N) is 2. The van der Waals surface area contributed by atoms with Crippen LogP contribution in [0.15, 0.2) is 59.8 Å². The first-order valence-electron chi connectivity index (χ1n) is 8.70. The molecule has 1 aliphatic heterocycles. The van der Waals surface area contributed by atoms with E-state index in [-0.39, 0.29) is 6.61 Å². The third-order valence-corrected chi connectivity index (χ3v) is 4.96. The highest BCUT2D eigenvalue weighted by molar-refractivity contribution is 7.80. The number of anilines is 1. The van der Waals surface area contributed by atoms with Crippen molar-refractivity contribution in [3.8, 4) is 6.07 Å².